The third-order valence-electron chi connectivity index (χ3n) is 2.80. The maximum atomic E-state index is 5.98. The minimum atomic E-state index is 0.574. The van der Waals surface area contributed by atoms with Gasteiger partial charge in [-0.05, 0) is 51.0 Å². The first-order valence-electron chi connectivity index (χ1n) is 6.81. The van der Waals surface area contributed by atoms with Crippen molar-refractivity contribution in [3.05, 3.63) is 28.3 Å². The van der Waals surface area contributed by atoms with Crippen molar-refractivity contribution in [2.75, 3.05) is 26.4 Å². The molecule has 0 bridgehead atoms. The van der Waals surface area contributed by atoms with Crippen molar-refractivity contribution in [3.8, 4) is 5.75 Å². The van der Waals surface area contributed by atoms with Crippen LogP contribution in [0.4, 0.5) is 0 Å². The minimum Gasteiger partial charge on any atom is -0.491 e. The summed E-state index contributed by atoms with van der Waals surface area (Å²) >= 11 is 5.98. The first-order valence-corrected chi connectivity index (χ1v) is 7.19. The number of ether oxygens (including phenoxy) is 2. The lowest BCUT2D eigenvalue weighted by Gasteiger charge is -2.12. The number of nitrogens with two attached hydrogens (primary N) is 1. The van der Waals surface area contributed by atoms with Gasteiger partial charge in [0.1, 0.15) is 12.4 Å². The zero-order chi connectivity index (χ0) is 14.3. The second kappa shape index (κ2) is 8.41. The van der Waals surface area contributed by atoms with E-state index in [0.29, 0.717) is 19.3 Å². The van der Waals surface area contributed by atoms with Crippen LogP contribution < -0.4 is 10.1 Å². The van der Waals surface area contributed by atoms with Gasteiger partial charge in [0.2, 0.25) is 0 Å². The van der Waals surface area contributed by atoms with E-state index < -0.39 is 0 Å². The molecule has 1 rings (SSSR count). The number of hydrogen-bond donors (Lipinski definition) is 1. The van der Waals surface area contributed by atoms with Gasteiger partial charge in [-0.2, -0.15) is 0 Å². The van der Waals surface area contributed by atoms with E-state index in [2.05, 4.69) is 19.2 Å². The van der Waals surface area contributed by atoms with Crippen molar-refractivity contribution in [2.45, 2.75) is 33.7 Å². The third kappa shape index (κ3) is 6.28. The zero-order valence-electron chi connectivity index (χ0n) is 12.3. The molecule has 3 nitrogen and oxygen atoms in total. The summed E-state index contributed by atoms with van der Waals surface area (Å²) in [5.41, 5.74) is 2.14. The molecule has 2 N–H and O–H groups in total. The summed E-state index contributed by atoms with van der Waals surface area (Å²) in [5, 5.41) is 3.01. The van der Waals surface area contributed by atoms with E-state index in [0.717, 1.165) is 35.1 Å². The molecule has 0 aliphatic carbocycles. The first-order chi connectivity index (χ1) is 9.00. The Morgan fingerprint density at radius 3 is 2.32 bits per heavy atom. The van der Waals surface area contributed by atoms with Gasteiger partial charge in [0.15, 0.2) is 0 Å². The fourth-order valence-corrected chi connectivity index (χ4v) is 2.24. The van der Waals surface area contributed by atoms with Crippen LogP contribution in [0.2, 0.25) is 5.02 Å². The largest absolute Gasteiger partial charge is 0.491 e. The standard InChI is InChI=1S/C15H24ClNO2/c1-11(2)17-5-6-18-7-8-19-15-12(3)9-14(16)10-13(15)4/h9-11,17H,5-8H2,1-4H3/p+1. The maximum absolute atomic E-state index is 5.98. The molecular weight excluding hydrogens is 262 g/mol. The Kier molecular flexibility index (Phi) is 7.21. The van der Waals surface area contributed by atoms with Crippen molar-refractivity contribution in [1.82, 2.24) is 0 Å². The fraction of sp³-hybridized carbons (Fsp3) is 0.600. The van der Waals surface area contributed by atoms with Crippen LogP contribution in [0, 0.1) is 13.8 Å². The highest BCUT2D eigenvalue weighted by atomic mass is 35.5. The van der Waals surface area contributed by atoms with Crippen LogP contribution in [0.5, 0.6) is 5.75 Å². The summed E-state index contributed by atoms with van der Waals surface area (Å²) in [7, 11) is 0. The lowest BCUT2D eigenvalue weighted by Crippen LogP contribution is -2.89. The predicted octanol–water partition coefficient (Wildman–Crippen LogP) is 2.32. The SMILES string of the molecule is Cc1cc(Cl)cc(C)c1OCCOCC[NH2+]C(C)C. The van der Waals surface area contributed by atoms with Crippen molar-refractivity contribution < 1.29 is 14.8 Å². The van der Waals surface area contributed by atoms with Crippen LogP contribution in [0.1, 0.15) is 25.0 Å². The normalized spacial score (nSPS) is 11.1. The van der Waals surface area contributed by atoms with Crippen LogP contribution in [0.25, 0.3) is 0 Å². The molecule has 0 aliphatic rings. The second-order valence-corrected chi connectivity index (χ2v) is 5.53. The molecule has 0 saturated heterocycles. The van der Waals surface area contributed by atoms with Crippen LogP contribution in [0.3, 0.4) is 0 Å². The molecule has 108 valence electrons. The van der Waals surface area contributed by atoms with Gasteiger partial charge in [-0.1, -0.05) is 11.6 Å². The summed E-state index contributed by atoms with van der Waals surface area (Å²) in [6, 6.07) is 4.46. The smallest absolute Gasteiger partial charge is 0.125 e. The highest BCUT2D eigenvalue weighted by Gasteiger charge is 2.05. The van der Waals surface area contributed by atoms with E-state index in [9.17, 15) is 0 Å². The van der Waals surface area contributed by atoms with Crippen molar-refractivity contribution in [1.29, 1.82) is 0 Å². The van der Waals surface area contributed by atoms with Crippen LogP contribution in [-0.2, 0) is 4.74 Å². The van der Waals surface area contributed by atoms with Gasteiger partial charge in [0.05, 0.1) is 25.8 Å². The molecule has 0 aromatic heterocycles. The molecule has 0 atom stereocenters. The Morgan fingerprint density at radius 1 is 1.11 bits per heavy atom. The minimum absolute atomic E-state index is 0.574. The van der Waals surface area contributed by atoms with Gasteiger partial charge < -0.3 is 14.8 Å². The summed E-state index contributed by atoms with van der Waals surface area (Å²) in [6.07, 6.45) is 0. The number of aryl methyl sites for hydroxylation is 2. The molecule has 0 heterocycles. The topological polar surface area (TPSA) is 35.1 Å². The van der Waals surface area contributed by atoms with E-state index in [1.54, 1.807) is 0 Å². The lowest BCUT2D eigenvalue weighted by atomic mass is 10.1. The molecule has 0 radical (unpaired) electrons. The average molecular weight is 287 g/mol. The molecule has 0 aliphatic heterocycles. The van der Waals surface area contributed by atoms with Crippen LogP contribution >= 0.6 is 11.6 Å². The summed E-state index contributed by atoms with van der Waals surface area (Å²) in [6.45, 7) is 11.3. The molecule has 19 heavy (non-hydrogen) atoms. The predicted molar refractivity (Wildman–Crippen MR) is 79.2 cm³/mol. The summed E-state index contributed by atoms with van der Waals surface area (Å²) < 4.78 is 11.3. The molecule has 4 heteroatoms. The van der Waals surface area contributed by atoms with Gasteiger partial charge in [-0.15, -0.1) is 0 Å². The molecule has 0 fully saturated rings. The van der Waals surface area contributed by atoms with E-state index >= 15 is 0 Å². The highest BCUT2D eigenvalue weighted by molar-refractivity contribution is 6.30. The molecule has 1 aromatic rings. The Balaban J connectivity index is 2.23. The second-order valence-electron chi connectivity index (χ2n) is 5.10. The Labute approximate surface area is 121 Å². The van der Waals surface area contributed by atoms with Gasteiger partial charge >= 0.3 is 0 Å². The zero-order valence-corrected chi connectivity index (χ0v) is 13.1. The Morgan fingerprint density at radius 2 is 1.74 bits per heavy atom. The third-order valence-corrected chi connectivity index (χ3v) is 3.02. The molecular formula is C15H25ClNO2+. The molecule has 0 unspecified atom stereocenters. The lowest BCUT2D eigenvalue weighted by molar-refractivity contribution is -0.684. The van der Waals surface area contributed by atoms with Gasteiger partial charge in [0, 0.05) is 5.02 Å². The summed E-state index contributed by atoms with van der Waals surface area (Å²) in [5.74, 6) is 0.918. The van der Waals surface area contributed by atoms with E-state index in [-0.39, 0.29) is 0 Å². The van der Waals surface area contributed by atoms with Crippen LogP contribution in [-0.4, -0.2) is 32.4 Å². The number of halogens is 1. The monoisotopic (exact) mass is 286 g/mol. The first kappa shape index (κ1) is 16.3. The van der Waals surface area contributed by atoms with E-state index in [1.165, 1.54) is 0 Å². The number of benzene rings is 1. The number of quaternary nitrogens is 1. The van der Waals surface area contributed by atoms with Gasteiger partial charge in [0.25, 0.3) is 0 Å². The van der Waals surface area contributed by atoms with Gasteiger partial charge in [-0.25, -0.2) is 0 Å². The van der Waals surface area contributed by atoms with Crippen molar-refractivity contribution in [2.24, 2.45) is 0 Å². The Hall–Kier alpha value is -0.770. The maximum Gasteiger partial charge on any atom is 0.125 e. The fourth-order valence-electron chi connectivity index (χ4n) is 1.91. The van der Waals surface area contributed by atoms with Crippen molar-refractivity contribution in [3.63, 3.8) is 0 Å². The number of rotatable bonds is 8. The highest BCUT2D eigenvalue weighted by Crippen LogP contribution is 2.26. The van der Waals surface area contributed by atoms with Crippen LogP contribution in [0.15, 0.2) is 12.1 Å². The Bertz CT molecular complexity index is 371. The summed E-state index contributed by atoms with van der Waals surface area (Å²) in [4.78, 5) is 0. The molecule has 0 saturated carbocycles. The van der Waals surface area contributed by atoms with Crippen molar-refractivity contribution >= 4 is 11.6 Å². The van der Waals surface area contributed by atoms with Gasteiger partial charge in [-0.3, -0.25) is 0 Å². The van der Waals surface area contributed by atoms with E-state index in [1.807, 2.05) is 26.0 Å². The number of hydrogen-bond acceptors (Lipinski definition) is 2. The molecule has 1 aromatic carbocycles. The molecule has 0 amide bonds. The molecule has 0 spiro atoms. The van der Waals surface area contributed by atoms with E-state index in [4.69, 9.17) is 21.1 Å². The average Bonchev–Trinajstić information content (AvgIpc) is 2.30. The quantitative estimate of drug-likeness (QED) is 0.745.